The van der Waals surface area contributed by atoms with E-state index in [0.29, 0.717) is 0 Å². The molecule has 4 N–H and O–H groups in total. The molecule has 0 saturated heterocycles. The predicted molar refractivity (Wildman–Crippen MR) is 96.4 cm³/mol. The molecule has 0 aliphatic carbocycles. The van der Waals surface area contributed by atoms with E-state index in [1.165, 1.54) is 25.6 Å². The van der Waals surface area contributed by atoms with Gasteiger partial charge in [0.1, 0.15) is 22.3 Å². The summed E-state index contributed by atoms with van der Waals surface area (Å²) in [6.45, 7) is 0. The first-order valence-electron chi connectivity index (χ1n) is 7.57. The summed E-state index contributed by atoms with van der Waals surface area (Å²) in [7, 11) is -1.85. The Balaban J connectivity index is 2.30. The highest BCUT2D eigenvalue weighted by Crippen LogP contribution is 2.40. The van der Waals surface area contributed by atoms with Gasteiger partial charge >= 0.3 is 0 Å². The number of aromatic amines is 1. The van der Waals surface area contributed by atoms with E-state index < -0.39 is 38.8 Å². The number of hydrogen-bond acceptors (Lipinski definition) is 4. The van der Waals surface area contributed by atoms with Crippen molar-refractivity contribution < 1.29 is 22.1 Å². The van der Waals surface area contributed by atoms with Gasteiger partial charge in [-0.25, -0.2) is 17.4 Å². The van der Waals surface area contributed by atoms with Gasteiger partial charge in [-0.05, 0) is 24.3 Å². The van der Waals surface area contributed by atoms with Crippen LogP contribution in [0.3, 0.4) is 0 Å². The van der Waals surface area contributed by atoms with Crippen molar-refractivity contribution in [3.8, 4) is 11.5 Å². The number of H-pyrrole nitrogens is 1. The number of aromatic nitrogens is 1. The molecule has 1 unspecified atom stereocenters. The summed E-state index contributed by atoms with van der Waals surface area (Å²) in [6, 6.07) is 4.63. The lowest BCUT2D eigenvalue weighted by Crippen LogP contribution is -2.13. The molecule has 1 aromatic heterocycles. The van der Waals surface area contributed by atoms with Gasteiger partial charge in [-0.3, -0.25) is 5.41 Å². The van der Waals surface area contributed by atoms with E-state index in [9.17, 15) is 17.4 Å². The Morgan fingerprint density at radius 2 is 1.96 bits per heavy atom. The molecule has 0 fully saturated rings. The third kappa shape index (κ3) is 3.12. The zero-order valence-corrected chi connectivity index (χ0v) is 15.1. The third-order valence-electron chi connectivity index (χ3n) is 3.98. The quantitative estimate of drug-likeness (QED) is 0.462. The van der Waals surface area contributed by atoms with Crippen molar-refractivity contribution in [1.82, 2.24) is 4.98 Å². The zero-order valence-electron chi connectivity index (χ0n) is 14.3. The maximum absolute atomic E-state index is 14.7. The van der Waals surface area contributed by atoms with Gasteiger partial charge in [-0.2, -0.15) is 4.39 Å². The van der Waals surface area contributed by atoms with Crippen LogP contribution < -0.4 is 10.5 Å². The molecule has 2 aromatic carbocycles. The van der Waals surface area contributed by atoms with E-state index in [4.69, 9.17) is 15.9 Å². The third-order valence-corrected chi connectivity index (χ3v) is 5.84. The van der Waals surface area contributed by atoms with Crippen molar-refractivity contribution in [2.45, 2.75) is 4.90 Å². The fourth-order valence-electron chi connectivity index (χ4n) is 2.62. The first-order valence-corrected chi connectivity index (χ1v) is 9.49. The molecule has 3 aromatic rings. The summed E-state index contributed by atoms with van der Waals surface area (Å²) < 4.78 is 65.0. The minimum absolute atomic E-state index is 0.109. The number of rotatable bonds is 4. The smallest absolute Gasteiger partial charge is 0.204 e. The molecule has 0 bridgehead atoms. The van der Waals surface area contributed by atoms with Crippen LogP contribution in [0.25, 0.3) is 10.9 Å². The maximum atomic E-state index is 14.7. The van der Waals surface area contributed by atoms with Crippen LogP contribution in [-0.2, 0) is 9.73 Å². The number of nitrogen functional groups attached to an aromatic ring is 1. The Morgan fingerprint density at radius 3 is 2.59 bits per heavy atom. The molecule has 3 rings (SSSR count). The summed E-state index contributed by atoms with van der Waals surface area (Å²) in [5.74, 6) is -4.65. The van der Waals surface area contributed by atoms with Gasteiger partial charge < -0.3 is 15.5 Å². The summed E-state index contributed by atoms with van der Waals surface area (Å²) in [5, 5.41) is 7.52. The largest absolute Gasteiger partial charge is 0.453 e. The highest BCUT2D eigenvalue weighted by atomic mass is 32.2. The molecule has 142 valence electrons. The van der Waals surface area contributed by atoms with Crippen molar-refractivity contribution in [1.29, 1.82) is 5.41 Å². The summed E-state index contributed by atoms with van der Waals surface area (Å²) >= 11 is 0. The fourth-order valence-corrected chi connectivity index (χ4v) is 3.86. The van der Waals surface area contributed by atoms with Crippen LogP contribution in [0.2, 0.25) is 0 Å². The van der Waals surface area contributed by atoms with Crippen LogP contribution >= 0.6 is 0 Å². The number of halogens is 3. The molecular formula is C17H15F3N4O2S. The van der Waals surface area contributed by atoms with Gasteiger partial charge in [0.05, 0.1) is 20.8 Å². The predicted octanol–water partition coefficient (Wildman–Crippen LogP) is 3.75. The lowest BCUT2D eigenvalue weighted by Gasteiger charge is -2.16. The number of nitrogens with two attached hydrogens (primary N) is 1. The molecule has 1 atom stereocenters. The van der Waals surface area contributed by atoms with E-state index in [0.717, 1.165) is 18.2 Å². The minimum Gasteiger partial charge on any atom is -0.453 e. The normalized spacial score (nSPS) is 13.4. The van der Waals surface area contributed by atoms with E-state index in [1.807, 2.05) is 0 Å². The first-order chi connectivity index (χ1) is 12.7. The number of hydrogen-bond donors (Lipinski definition) is 3. The van der Waals surface area contributed by atoms with Gasteiger partial charge in [0.15, 0.2) is 11.6 Å². The molecule has 0 aliphatic rings. The molecular weight excluding hydrogens is 381 g/mol. The molecule has 0 amide bonds. The Bertz CT molecular complexity index is 1200. The molecule has 10 heteroatoms. The highest BCUT2D eigenvalue weighted by molar-refractivity contribution is 7.93. The van der Waals surface area contributed by atoms with E-state index in [1.54, 1.807) is 0 Å². The number of amidine groups is 1. The second kappa shape index (κ2) is 6.62. The lowest BCUT2D eigenvalue weighted by atomic mass is 10.2. The van der Waals surface area contributed by atoms with Gasteiger partial charge in [0.2, 0.25) is 5.82 Å². The maximum Gasteiger partial charge on any atom is 0.204 e. The summed E-state index contributed by atoms with van der Waals surface area (Å²) in [4.78, 5) is 2.43. The van der Waals surface area contributed by atoms with Crippen LogP contribution in [0, 0.1) is 22.9 Å². The fraction of sp³-hybridized carbons (Fsp3) is 0.118. The number of fused-ring (bicyclic) bond motifs is 1. The number of benzene rings is 2. The monoisotopic (exact) mass is 396 g/mol. The molecule has 1 heterocycles. The minimum atomic E-state index is -3.14. The molecule has 27 heavy (non-hydrogen) atoms. The van der Waals surface area contributed by atoms with Crippen molar-refractivity contribution in [3.05, 3.63) is 53.5 Å². The SMILES string of the molecule is CN=S(C)(=O)c1c(Oc2ccc(F)c(C(=N)N)c2)c(F)c(F)c2[nH]ccc12. The number of ether oxygens (including phenoxy) is 1. The van der Waals surface area contributed by atoms with Crippen LogP contribution in [0.5, 0.6) is 11.5 Å². The average molecular weight is 396 g/mol. The molecule has 0 spiro atoms. The van der Waals surface area contributed by atoms with Crippen molar-refractivity contribution in [3.63, 3.8) is 0 Å². The van der Waals surface area contributed by atoms with Crippen LogP contribution in [0.1, 0.15) is 5.56 Å². The Labute approximate surface area is 152 Å². The number of nitrogens with one attached hydrogen (secondary N) is 2. The average Bonchev–Trinajstić information content (AvgIpc) is 3.09. The van der Waals surface area contributed by atoms with Gasteiger partial charge in [-0.1, -0.05) is 0 Å². The van der Waals surface area contributed by atoms with Gasteiger partial charge in [-0.15, -0.1) is 0 Å². The lowest BCUT2D eigenvalue weighted by molar-refractivity contribution is 0.408. The molecule has 0 saturated carbocycles. The van der Waals surface area contributed by atoms with Crippen molar-refractivity contribution in [2.24, 2.45) is 10.1 Å². The van der Waals surface area contributed by atoms with E-state index >= 15 is 0 Å². The van der Waals surface area contributed by atoms with Crippen LogP contribution in [0.4, 0.5) is 13.2 Å². The second-order valence-corrected chi connectivity index (χ2v) is 8.07. The first kappa shape index (κ1) is 18.8. The second-order valence-electron chi connectivity index (χ2n) is 5.70. The molecule has 0 radical (unpaired) electrons. The highest BCUT2D eigenvalue weighted by Gasteiger charge is 2.27. The van der Waals surface area contributed by atoms with Crippen LogP contribution in [0.15, 0.2) is 39.7 Å². The Morgan fingerprint density at radius 1 is 1.26 bits per heavy atom. The zero-order chi connectivity index (χ0) is 19.9. The van der Waals surface area contributed by atoms with Crippen LogP contribution in [-0.4, -0.2) is 28.3 Å². The van der Waals surface area contributed by atoms with Crippen molar-refractivity contribution >= 4 is 26.5 Å². The number of nitrogens with zero attached hydrogens (tertiary/aromatic N) is 1. The van der Waals surface area contributed by atoms with Gasteiger partial charge in [0, 0.05) is 24.9 Å². The van der Waals surface area contributed by atoms with Gasteiger partial charge in [0.25, 0.3) is 0 Å². The van der Waals surface area contributed by atoms with E-state index in [2.05, 4.69) is 9.35 Å². The summed E-state index contributed by atoms with van der Waals surface area (Å²) in [6.07, 6.45) is 2.64. The topological polar surface area (TPSA) is 104 Å². The Kier molecular flexibility index (Phi) is 4.60. The molecule has 0 aliphatic heterocycles. The standard InChI is InChI=1S/C17H15F3N4O2S/c1-23-27(2,25)16-9-5-6-24-14(9)12(19)13(20)15(16)26-8-3-4-11(18)10(7-8)17(21)22/h3-7,24H,1-2H3,(H3,21,22). The van der Waals surface area contributed by atoms with E-state index in [-0.39, 0.29) is 27.1 Å². The molecule has 6 nitrogen and oxygen atoms in total. The van der Waals surface area contributed by atoms with Crippen molar-refractivity contribution in [2.75, 3.05) is 13.3 Å². The summed E-state index contributed by atoms with van der Waals surface area (Å²) in [5.41, 5.74) is 4.86. The Hall–Kier alpha value is -3.01.